The van der Waals surface area contributed by atoms with Crippen molar-refractivity contribution in [3.05, 3.63) is 188 Å². The monoisotopic (exact) mass is 1490 g/mol. The van der Waals surface area contributed by atoms with E-state index in [1.165, 1.54) is 14.2 Å². The van der Waals surface area contributed by atoms with E-state index < -0.39 is 47.5 Å². The molecule has 2 aliphatic carbocycles. The van der Waals surface area contributed by atoms with Gasteiger partial charge in [0.2, 0.25) is 23.6 Å². The highest BCUT2D eigenvalue weighted by atomic mass is 16.5. The van der Waals surface area contributed by atoms with Crippen molar-refractivity contribution in [2.45, 2.75) is 146 Å². The number of imide groups is 2. The highest BCUT2D eigenvalue weighted by Crippen LogP contribution is 2.58. The van der Waals surface area contributed by atoms with Crippen LogP contribution < -0.4 is 29.6 Å². The number of carbonyl (C=O) groups is 8. The maximum absolute atomic E-state index is 16.7. The van der Waals surface area contributed by atoms with Gasteiger partial charge < -0.3 is 48.9 Å². The molecule has 2 heterocycles. The second-order valence-electron chi connectivity index (χ2n) is 30.9. The van der Waals surface area contributed by atoms with E-state index in [1.54, 1.807) is 47.9 Å². The van der Waals surface area contributed by atoms with Gasteiger partial charge in [-0.2, -0.15) is 0 Å². The lowest BCUT2D eigenvalue weighted by Crippen LogP contribution is -2.56. The Bertz CT molecular complexity index is 4620. The number of carbonyl (C=O) groups excluding carboxylic acids is 8. The van der Waals surface area contributed by atoms with E-state index in [-0.39, 0.29) is 164 Å². The Morgan fingerprint density at radius 3 is 0.891 bits per heavy atom. The molecule has 0 aromatic heterocycles. The molecular weight excluding hydrogens is 1390 g/mol. The number of hydrogen-bond donors (Lipinski definition) is 2. The molecule has 110 heavy (non-hydrogen) atoms. The molecule has 0 bridgehead atoms. The zero-order valence-electron chi connectivity index (χ0n) is 65.2. The highest BCUT2D eigenvalue weighted by molar-refractivity contribution is 6.45. The molecule has 2 fully saturated rings. The maximum Gasteiger partial charge on any atom is 0.262 e. The van der Waals surface area contributed by atoms with Crippen molar-refractivity contribution in [3.63, 3.8) is 0 Å². The van der Waals surface area contributed by atoms with Gasteiger partial charge in [-0.3, -0.25) is 48.2 Å². The summed E-state index contributed by atoms with van der Waals surface area (Å²) in [6.45, 7) is 27.2. The molecule has 2 unspecified atom stereocenters. The van der Waals surface area contributed by atoms with E-state index in [1.807, 2.05) is 128 Å². The summed E-state index contributed by atoms with van der Waals surface area (Å²) in [7, 11) is 2.98. The Morgan fingerprint density at radius 1 is 0.400 bits per heavy atom. The van der Waals surface area contributed by atoms with Crippen molar-refractivity contribution < 1.29 is 66.8 Å². The van der Waals surface area contributed by atoms with Gasteiger partial charge in [-0.05, 0) is 224 Å². The average Bonchev–Trinajstić information content (AvgIpc) is 0.718. The molecule has 0 saturated heterocycles. The Kier molecular flexibility index (Phi) is 22.7. The van der Waals surface area contributed by atoms with Crippen LogP contribution in [-0.2, 0) is 28.7 Å². The second-order valence-corrected chi connectivity index (χ2v) is 30.9. The summed E-state index contributed by atoms with van der Waals surface area (Å²) in [6.07, 6.45) is 7.20. The zero-order valence-corrected chi connectivity index (χ0v) is 65.2. The fourth-order valence-electron chi connectivity index (χ4n) is 17.0. The Hall–Kier alpha value is -11.0. The molecule has 9 aromatic rings. The van der Waals surface area contributed by atoms with Crippen molar-refractivity contribution in [2.24, 2.45) is 11.8 Å². The van der Waals surface area contributed by atoms with Crippen LogP contribution in [0.4, 0.5) is 0 Å². The summed E-state index contributed by atoms with van der Waals surface area (Å²) < 4.78 is 41.1. The average molecular weight is 1490 g/mol. The van der Waals surface area contributed by atoms with Crippen molar-refractivity contribution in [2.75, 3.05) is 66.7 Å². The van der Waals surface area contributed by atoms with Crippen molar-refractivity contribution in [3.8, 4) is 46.0 Å². The maximum atomic E-state index is 16.7. The van der Waals surface area contributed by atoms with Gasteiger partial charge in [0.25, 0.3) is 23.6 Å². The second kappa shape index (κ2) is 32.3. The molecular formula is C90H98N6O14. The fourth-order valence-corrected chi connectivity index (χ4v) is 17.0. The topological polar surface area (TPSA) is 229 Å². The molecule has 8 amide bonds. The van der Waals surface area contributed by atoms with E-state index >= 15 is 28.8 Å². The molecule has 0 radical (unpaired) electrons. The molecule has 572 valence electrons. The molecule has 2 aliphatic heterocycles. The fraction of sp³-hybridized carbons (Fsp3) is 0.378. The van der Waals surface area contributed by atoms with Gasteiger partial charge in [0.1, 0.15) is 58.1 Å². The lowest BCUT2D eigenvalue weighted by atomic mass is 9.80. The van der Waals surface area contributed by atoms with Crippen LogP contribution >= 0.6 is 0 Å². The minimum Gasteiger partial charge on any atom is -0.457 e. The largest absolute Gasteiger partial charge is 0.457 e. The number of rotatable bonds is 30. The highest BCUT2D eigenvalue weighted by Gasteiger charge is 2.48. The summed E-state index contributed by atoms with van der Waals surface area (Å²) >= 11 is 0. The quantitative estimate of drug-likeness (QED) is 0.0185. The normalized spacial score (nSPS) is 15.0. The first-order valence-corrected chi connectivity index (χ1v) is 38.3. The number of nitrogens with one attached hydrogen (secondary N) is 2. The van der Waals surface area contributed by atoms with Gasteiger partial charge in [-0.25, -0.2) is 0 Å². The lowest BCUT2D eigenvalue weighted by Gasteiger charge is -2.38. The van der Waals surface area contributed by atoms with Crippen LogP contribution in [0, 0.1) is 67.2 Å². The Labute approximate surface area is 642 Å². The molecule has 13 rings (SSSR count). The Morgan fingerprint density at radius 2 is 0.655 bits per heavy atom. The first kappa shape index (κ1) is 77.2. The number of methoxy groups -OCH3 is 2. The Balaban J connectivity index is 1.15. The number of fused-ring (bicyclic) bond motifs is 2. The number of hydrogen-bond acceptors (Lipinski definition) is 14. The van der Waals surface area contributed by atoms with E-state index in [2.05, 4.69) is 23.8 Å². The van der Waals surface area contributed by atoms with E-state index in [4.69, 9.17) is 28.4 Å². The minimum atomic E-state index is -1.44. The van der Waals surface area contributed by atoms with Crippen LogP contribution in [0.1, 0.15) is 164 Å². The number of aryl methyl sites for hydroxylation is 8. The molecule has 0 spiro atoms. The third-order valence-electron chi connectivity index (χ3n) is 21.7. The van der Waals surface area contributed by atoms with Crippen molar-refractivity contribution in [1.82, 2.24) is 30.2 Å². The van der Waals surface area contributed by atoms with E-state index in [9.17, 15) is 9.59 Å². The number of ether oxygens (including phenoxy) is 6. The lowest BCUT2D eigenvalue weighted by molar-refractivity contribution is -0.137. The van der Waals surface area contributed by atoms with Crippen LogP contribution in [0.5, 0.6) is 46.0 Å². The van der Waals surface area contributed by atoms with Gasteiger partial charge >= 0.3 is 0 Å². The van der Waals surface area contributed by atoms with Crippen LogP contribution in [0.2, 0.25) is 0 Å². The molecule has 2 saturated carbocycles. The number of amides is 8. The van der Waals surface area contributed by atoms with Crippen LogP contribution in [0.25, 0.3) is 43.1 Å². The summed E-state index contributed by atoms with van der Waals surface area (Å²) in [4.78, 5) is 130. The summed E-state index contributed by atoms with van der Waals surface area (Å²) in [5, 5.41) is 7.84. The van der Waals surface area contributed by atoms with Crippen molar-refractivity contribution in [1.29, 1.82) is 0 Å². The molecule has 9 aromatic carbocycles. The summed E-state index contributed by atoms with van der Waals surface area (Å²) in [5.74, 6) is -2.90. The van der Waals surface area contributed by atoms with Gasteiger partial charge in [0, 0.05) is 134 Å². The standard InChI is InChI=1S/C90H98N6O14/c1-49(2)83(97)91-25-27-93(47-59-19-15-16-20-59)89(103)69(23-29-105-13)95-85(99)65-43-71(107-61-35-51(5)31-52(6)36-61)77-79-73(109-63-39-55(9)33-56(10)40-63)45-67-76-68(88(102)96(87(67)101)70(24-30-106-14)90(104)94(48-60-21-17-18-22-60)28-26-92-84(98)50(3)4)46-74(110-64-41-57(11)34-58(12)42-64)80(82(76)79)78-72(44-66(86(95)100)75(65)81(77)78)108-62-37-53(7)32-54(8)38-62/h31-46,59-60,69-70H,1,3,15-30,47-48H2,2,4-14H3,(H,91,97)(H,92,98). The minimum absolute atomic E-state index is 0.00116. The first-order valence-electron chi connectivity index (χ1n) is 38.3. The first-order chi connectivity index (χ1) is 52.7. The van der Waals surface area contributed by atoms with Crippen molar-refractivity contribution >= 4 is 90.3 Å². The molecule has 20 nitrogen and oxygen atoms in total. The van der Waals surface area contributed by atoms with Crippen LogP contribution in [0.15, 0.2) is 121 Å². The molecule has 4 aliphatic rings. The third kappa shape index (κ3) is 15.7. The van der Waals surface area contributed by atoms with Crippen LogP contribution in [-0.4, -0.2) is 146 Å². The predicted molar refractivity (Wildman–Crippen MR) is 426 cm³/mol. The predicted octanol–water partition coefficient (Wildman–Crippen LogP) is 16.8. The smallest absolute Gasteiger partial charge is 0.262 e. The van der Waals surface area contributed by atoms with Crippen LogP contribution in [0.3, 0.4) is 0 Å². The molecule has 2 N–H and O–H groups in total. The van der Waals surface area contributed by atoms with Gasteiger partial charge in [0.15, 0.2) is 0 Å². The van der Waals surface area contributed by atoms with E-state index in [0.29, 0.717) is 47.2 Å². The molecule has 20 heteroatoms. The SMILES string of the molecule is C=C(C)C(=O)NCCN(CC1CCCC1)C(=O)C(CCOC)N1C(=O)c2cc(Oc3cc(C)cc(C)c3)c3c4c(Oc5cc(C)cc(C)c5)cc5c6c(cc(Oc7cc(C)cc(C)c7)c(c7c(Oc8cc(C)cc(C)c8)cc(c2c37)C1=O)c64)C(=O)N(C(CCOC)C(=O)N(CCNC(=O)C(=C)C)CC1CCCC1)C5=O. The third-order valence-corrected chi connectivity index (χ3v) is 21.7. The zero-order chi connectivity index (χ0) is 78.3. The summed E-state index contributed by atoms with van der Waals surface area (Å²) in [6, 6.07) is 26.5. The van der Waals surface area contributed by atoms with E-state index in [0.717, 1.165) is 106 Å². The molecule has 2 atom stereocenters. The van der Waals surface area contributed by atoms with Gasteiger partial charge in [-0.15, -0.1) is 0 Å². The number of benzene rings is 9. The van der Waals surface area contributed by atoms with Gasteiger partial charge in [0.05, 0.1) is 22.3 Å². The summed E-state index contributed by atoms with van der Waals surface area (Å²) in [5.41, 5.74) is 7.43. The van der Waals surface area contributed by atoms with Gasteiger partial charge in [-0.1, -0.05) is 63.1 Å². The number of nitrogens with zero attached hydrogens (tertiary/aromatic N) is 4.